The molecule has 0 saturated carbocycles. The maximum atomic E-state index is 10.6. The molecule has 0 radical (unpaired) electrons. The van der Waals surface area contributed by atoms with Crippen molar-refractivity contribution in [3.05, 3.63) is 60.4 Å². The SMILES string of the molecule is CC(C)(C)[C@H](O)c1nc(-c2ccccc2)c2ccccc2n1. The third-order valence-electron chi connectivity index (χ3n) is 3.73. The normalized spacial score (nSPS) is 13.3. The lowest BCUT2D eigenvalue weighted by Gasteiger charge is -2.25. The number of hydrogen-bond donors (Lipinski definition) is 1. The molecule has 1 atom stereocenters. The number of aromatic nitrogens is 2. The summed E-state index contributed by atoms with van der Waals surface area (Å²) in [4.78, 5) is 9.24. The largest absolute Gasteiger partial charge is 0.385 e. The molecule has 0 amide bonds. The van der Waals surface area contributed by atoms with Crippen LogP contribution in [-0.2, 0) is 0 Å². The lowest BCUT2D eigenvalue weighted by Crippen LogP contribution is -2.20. The Morgan fingerprint density at radius 3 is 2.18 bits per heavy atom. The van der Waals surface area contributed by atoms with Gasteiger partial charge in [-0.3, -0.25) is 0 Å². The number of benzene rings is 2. The molecule has 22 heavy (non-hydrogen) atoms. The van der Waals surface area contributed by atoms with E-state index in [9.17, 15) is 5.11 Å². The van der Waals surface area contributed by atoms with E-state index in [4.69, 9.17) is 0 Å². The van der Waals surface area contributed by atoms with E-state index in [1.807, 2.05) is 75.4 Å². The monoisotopic (exact) mass is 292 g/mol. The highest BCUT2D eigenvalue weighted by molar-refractivity contribution is 5.92. The zero-order valence-electron chi connectivity index (χ0n) is 13.1. The summed E-state index contributed by atoms with van der Waals surface area (Å²) in [7, 11) is 0. The number of para-hydroxylation sites is 1. The third-order valence-corrected chi connectivity index (χ3v) is 3.73. The summed E-state index contributed by atoms with van der Waals surface area (Å²) in [5, 5.41) is 11.6. The summed E-state index contributed by atoms with van der Waals surface area (Å²) in [6.45, 7) is 5.95. The van der Waals surface area contributed by atoms with Gasteiger partial charge in [-0.05, 0) is 11.5 Å². The van der Waals surface area contributed by atoms with Gasteiger partial charge in [0.25, 0.3) is 0 Å². The zero-order chi connectivity index (χ0) is 15.7. The van der Waals surface area contributed by atoms with E-state index in [1.165, 1.54) is 0 Å². The fourth-order valence-electron chi connectivity index (χ4n) is 2.42. The highest BCUT2D eigenvalue weighted by Gasteiger charge is 2.27. The molecule has 3 aromatic rings. The molecule has 3 nitrogen and oxygen atoms in total. The van der Waals surface area contributed by atoms with Crippen LogP contribution in [0.4, 0.5) is 0 Å². The fraction of sp³-hybridized carbons (Fsp3) is 0.263. The molecule has 3 heteroatoms. The number of aliphatic hydroxyl groups is 1. The molecule has 112 valence electrons. The van der Waals surface area contributed by atoms with Crippen LogP contribution in [0.15, 0.2) is 54.6 Å². The second-order valence-electron chi connectivity index (χ2n) is 6.58. The summed E-state index contributed by atoms with van der Waals surface area (Å²) in [6.07, 6.45) is -0.709. The molecule has 0 bridgehead atoms. The van der Waals surface area contributed by atoms with E-state index in [2.05, 4.69) is 9.97 Å². The maximum absolute atomic E-state index is 10.6. The standard InChI is InChI=1S/C19H20N2O/c1-19(2,3)17(22)18-20-15-12-8-7-11-14(15)16(21-18)13-9-5-4-6-10-13/h4-12,17,22H,1-3H3/t17-/m1/s1. The summed E-state index contributed by atoms with van der Waals surface area (Å²) in [5.41, 5.74) is 2.44. The summed E-state index contributed by atoms with van der Waals surface area (Å²) in [6, 6.07) is 17.9. The van der Waals surface area contributed by atoms with E-state index < -0.39 is 6.10 Å². The van der Waals surface area contributed by atoms with Crippen molar-refractivity contribution in [3.8, 4) is 11.3 Å². The van der Waals surface area contributed by atoms with Crippen LogP contribution in [0.5, 0.6) is 0 Å². The Bertz CT molecular complexity index is 791. The lowest BCUT2D eigenvalue weighted by molar-refractivity contribution is 0.0553. The van der Waals surface area contributed by atoms with Crippen molar-refractivity contribution in [2.75, 3.05) is 0 Å². The summed E-state index contributed by atoms with van der Waals surface area (Å²) in [5.74, 6) is 0.477. The van der Waals surface area contributed by atoms with Crippen LogP contribution >= 0.6 is 0 Å². The van der Waals surface area contributed by atoms with Crippen molar-refractivity contribution in [3.63, 3.8) is 0 Å². The Labute approximate surface area is 130 Å². The van der Waals surface area contributed by atoms with Gasteiger partial charge in [0.1, 0.15) is 6.10 Å². The first-order valence-corrected chi connectivity index (χ1v) is 7.47. The molecule has 1 aromatic heterocycles. The Morgan fingerprint density at radius 1 is 0.864 bits per heavy atom. The minimum absolute atomic E-state index is 0.309. The predicted molar refractivity (Wildman–Crippen MR) is 89.4 cm³/mol. The van der Waals surface area contributed by atoms with Gasteiger partial charge in [0.15, 0.2) is 5.82 Å². The topological polar surface area (TPSA) is 46.0 Å². The highest BCUT2D eigenvalue weighted by atomic mass is 16.3. The smallest absolute Gasteiger partial charge is 0.158 e. The van der Waals surface area contributed by atoms with E-state index in [-0.39, 0.29) is 5.41 Å². The first-order valence-electron chi connectivity index (χ1n) is 7.47. The van der Waals surface area contributed by atoms with Crippen LogP contribution in [0.3, 0.4) is 0 Å². The average Bonchev–Trinajstić information content (AvgIpc) is 2.53. The fourth-order valence-corrected chi connectivity index (χ4v) is 2.42. The molecule has 1 heterocycles. The van der Waals surface area contributed by atoms with Crippen molar-refractivity contribution >= 4 is 10.9 Å². The van der Waals surface area contributed by atoms with Gasteiger partial charge in [0, 0.05) is 10.9 Å². The van der Waals surface area contributed by atoms with Crippen LogP contribution in [0.1, 0.15) is 32.7 Å². The van der Waals surface area contributed by atoms with Crippen molar-refractivity contribution < 1.29 is 5.11 Å². The van der Waals surface area contributed by atoms with Gasteiger partial charge in [-0.2, -0.15) is 0 Å². The Balaban J connectivity index is 2.26. The number of hydrogen-bond acceptors (Lipinski definition) is 3. The van der Waals surface area contributed by atoms with Gasteiger partial charge < -0.3 is 5.11 Å². The Morgan fingerprint density at radius 2 is 1.50 bits per heavy atom. The molecular formula is C19H20N2O. The second kappa shape index (κ2) is 5.50. The summed E-state index contributed by atoms with van der Waals surface area (Å²) >= 11 is 0. The molecular weight excluding hydrogens is 272 g/mol. The van der Waals surface area contributed by atoms with Crippen LogP contribution in [0.2, 0.25) is 0 Å². The molecule has 0 fully saturated rings. The molecule has 0 saturated heterocycles. The van der Waals surface area contributed by atoms with Crippen molar-refractivity contribution in [2.24, 2.45) is 5.41 Å². The predicted octanol–water partition coefficient (Wildman–Crippen LogP) is 4.38. The quantitative estimate of drug-likeness (QED) is 0.762. The van der Waals surface area contributed by atoms with Crippen LogP contribution < -0.4 is 0 Å². The van der Waals surface area contributed by atoms with Gasteiger partial charge >= 0.3 is 0 Å². The number of aliphatic hydroxyl groups excluding tert-OH is 1. The van der Waals surface area contributed by atoms with Crippen LogP contribution in [0.25, 0.3) is 22.2 Å². The molecule has 3 rings (SSSR count). The van der Waals surface area contributed by atoms with Crippen molar-refractivity contribution in [1.29, 1.82) is 0 Å². The zero-order valence-corrected chi connectivity index (χ0v) is 13.1. The molecule has 0 spiro atoms. The van der Waals surface area contributed by atoms with Gasteiger partial charge in [0.2, 0.25) is 0 Å². The third kappa shape index (κ3) is 2.72. The molecule has 1 N–H and O–H groups in total. The minimum atomic E-state index is -0.709. The number of nitrogens with zero attached hydrogens (tertiary/aromatic N) is 2. The highest BCUT2D eigenvalue weighted by Crippen LogP contribution is 2.33. The molecule has 0 aliphatic heterocycles. The van der Waals surface area contributed by atoms with Gasteiger partial charge in [-0.1, -0.05) is 69.3 Å². The number of rotatable bonds is 2. The van der Waals surface area contributed by atoms with Gasteiger partial charge in [0.05, 0.1) is 11.2 Å². The number of fused-ring (bicyclic) bond motifs is 1. The van der Waals surface area contributed by atoms with Crippen LogP contribution in [0, 0.1) is 5.41 Å². The van der Waals surface area contributed by atoms with E-state index in [0.29, 0.717) is 5.82 Å². The molecule has 0 aliphatic carbocycles. The summed E-state index contributed by atoms with van der Waals surface area (Å²) < 4.78 is 0. The van der Waals surface area contributed by atoms with E-state index in [1.54, 1.807) is 0 Å². The minimum Gasteiger partial charge on any atom is -0.385 e. The van der Waals surface area contributed by atoms with Gasteiger partial charge in [-0.15, -0.1) is 0 Å². The average molecular weight is 292 g/mol. The van der Waals surface area contributed by atoms with E-state index in [0.717, 1.165) is 22.2 Å². The first-order chi connectivity index (χ1) is 10.5. The first kappa shape index (κ1) is 14.7. The Hall–Kier alpha value is -2.26. The van der Waals surface area contributed by atoms with E-state index >= 15 is 0 Å². The molecule has 0 aliphatic rings. The Kier molecular flexibility index (Phi) is 3.67. The van der Waals surface area contributed by atoms with Gasteiger partial charge in [-0.25, -0.2) is 9.97 Å². The molecule has 2 aromatic carbocycles. The van der Waals surface area contributed by atoms with Crippen molar-refractivity contribution in [2.45, 2.75) is 26.9 Å². The molecule has 0 unspecified atom stereocenters. The lowest BCUT2D eigenvalue weighted by atomic mass is 9.88. The maximum Gasteiger partial charge on any atom is 0.158 e. The van der Waals surface area contributed by atoms with Crippen LogP contribution in [-0.4, -0.2) is 15.1 Å². The van der Waals surface area contributed by atoms with Crippen molar-refractivity contribution in [1.82, 2.24) is 9.97 Å². The second-order valence-corrected chi connectivity index (χ2v) is 6.58.